The standard InChI is InChI=1S/C16H12FN3O2/c1-9-5-6-10(16(21)22)7-13(9)20-15-11-3-2-4-12(17)14(11)18-8-19-15/h2-8H,1H3,(H,21,22)(H,18,19,20). The zero-order valence-corrected chi connectivity index (χ0v) is 11.7. The summed E-state index contributed by atoms with van der Waals surface area (Å²) >= 11 is 0. The van der Waals surface area contributed by atoms with Crippen LogP contribution in [0.1, 0.15) is 15.9 Å². The fraction of sp³-hybridized carbons (Fsp3) is 0.0625. The van der Waals surface area contributed by atoms with Gasteiger partial charge in [0.15, 0.2) is 0 Å². The summed E-state index contributed by atoms with van der Waals surface area (Å²) in [6.07, 6.45) is 1.27. The number of carboxylic acid groups (broad SMARTS) is 1. The number of aromatic carboxylic acids is 1. The Morgan fingerprint density at radius 2 is 2.05 bits per heavy atom. The van der Waals surface area contributed by atoms with Crippen molar-refractivity contribution in [3.63, 3.8) is 0 Å². The molecule has 2 N–H and O–H groups in total. The van der Waals surface area contributed by atoms with Crippen molar-refractivity contribution in [2.45, 2.75) is 6.92 Å². The topological polar surface area (TPSA) is 75.1 Å². The van der Waals surface area contributed by atoms with Crippen LogP contribution in [-0.2, 0) is 0 Å². The zero-order chi connectivity index (χ0) is 15.7. The molecule has 0 aliphatic heterocycles. The summed E-state index contributed by atoms with van der Waals surface area (Å²) in [6, 6.07) is 9.36. The van der Waals surface area contributed by atoms with Crippen LogP contribution in [0.2, 0.25) is 0 Å². The first kappa shape index (κ1) is 13.9. The second-order valence-electron chi connectivity index (χ2n) is 4.82. The Hall–Kier alpha value is -3.02. The molecule has 0 spiro atoms. The monoisotopic (exact) mass is 297 g/mol. The van der Waals surface area contributed by atoms with Gasteiger partial charge in [0.05, 0.1) is 5.56 Å². The van der Waals surface area contributed by atoms with Crippen molar-refractivity contribution in [2.24, 2.45) is 0 Å². The van der Waals surface area contributed by atoms with Crippen LogP contribution in [0.5, 0.6) is 0 Å². The molecule has 3 rings (SSSR count). The van der Waals surface area contributed by atoms with Crippen molar-refractivity contribution in [3.8, 4) is 0 Å². The lowest BCUT2D eigenvalue weighted by molar-refractivity contribution is 0.0697. The first-order chi connectivity index (χ1) is 10.6. The second kappa shape index (κ2) is 5.40. The average molecular weight is 297 g/mol. The predicted octanol–water partition coefficient (Wildman–Crippen LogP) is 3.52. The molecular formula is C16H12FN3O2. The van der Waals surface area contributed by atoms with E-state index in [0.717, 1.165) is 5.56 Å². The van der Waals surface area contributed by atoms with Gasteiger partial charge in [-0.3, -0.25) is 0 Å². The van der Waals surface area contributed by atoms with Crippen LogP contribution in [0, 0.1) is 12.7 Å². The lowest BCUT2D eigenvalue weighted by Gasteiger charge is -2.11. The van der Waals surface area contributed by atoms with Gasteiger partial charge in [-0.05, 0) is 36.8 Å². The van der Waals surface area contributed by atoms with Gasteiger partial charge in [0.25, 0.3) is 0 Å². The minimum atomic E-state index is -1.01. The van der Waals surface area contributed by atoms with Crippen molar-refractivity contribution in [2.75, 3.05) is 5.32 Å². The Labute approximate surface area is 125 Å². The predicted molar refractivity (Wildman–Crippen MR) is 80.9 cm³/mol. The number of aromatic nitrogens is 2. The van der Waals surface area contributed by atoms with E-state index in [1.165, 1.54) is 24.5 Å². The number of para-hydroxylation sites is 1. The molecule has 0 amide bonds. The smallest absolute Gasteiger partial charge is 0.335 e. The summed E-state index contributed by atoms with van der Waals surface area (Å²) in [7, 11) is 0. The molecule has 0 aliphatic rings. The lowest BCUT2D eigenvalue weighted by atomic mass is 10.1. The minimum Gasteiger partial charge on any atom is -0.478 e. The molecule has 6 heteroatoms. The van der Waals surface area contributed by atoms with Crippen LogP contribution < -0.4 is 5.32 Å². The number of halogens is 1. The number of nitrogens with zero attached hydrogens (tertiary/aromatic N) is 2. The normalized spacial score (nSPS) is 10.6. The van der Waals surface area contributed by atoms with Crippen LogP contribution in [0.3, 0.4) is 0 Å². The van der Waals surface area contributed by atoms with Crippen LogP contribution in [-0.4, -0.2) is 21.0 Å². The quantitative estimate of drug-likeness (QED) is 0.773. The van der Waals surface area contributed by atoms with E-state index in [0.29, 0.717) is 16.9 Å². The number of fused-ring (bicyclic) bond motifs is 1. The van der Waals surface area contributed by atoms with Gasteiger partial charge in [0.2, 0.25) is 0 Å². The van der Waals surface area contributed by atoms with Gasteiger partial charge in [0, 0.05) is 11.1 Å². The fourth-order valence-electron chi connectivity index (χ4n) is 2.17. The number of aryl methyl sites for hydroxylation is 1. The Morgan fingerprint density at radius 1 is 1.23 bits per heavy atom. The van der Waals surface area contributed by atoms with Gasteiger partial charge in [-0.2, -0.15) is 0 Å². The van der Waals surface area contributed by atoms with E-state index in [1.807, 2.05) is 6.92 Å². The Balaban J connectivity index is 2.09. The zero-order valence-electron chi connectivity index (χ0n) is 11.7. The van der Waals surface area contributed by atoms with E-state index in [1.54, 1.807) is 18.2 Å². The lowest BCUT2D eigenvalue weighted by Crippen LogP contribution is -2.02. The third-order valence-electron chi connectivity index (χ3n) is 3.35. The molecule has 0 fully saturated rings. The third kappa shape index (κ3) is 2.46. The molecule has 0 saturated heterocycles. The molecular weight excluding hydrogens is 285 g/mol. The Morgan fingerprint density at radius 3 is 2.82 bits per heavy atom. The number of benzene rings is 2. The van der Waals surface area contributed by atoms with Gasteiger partial charge < -0.3 is 10.4 Å². The molecule has 110 valence electrons. The molecule has 0 aliphatic carbocycles. The van der Waals surface area contributed by atoms with Crippen molar-refractivity contribution in [3.05, 3.63) is 59.7 Å². The van der Waals surface area contributed by atoms with Crippen LogP contribution in [0.25, 0.3) is 10.9 Å². The molecule has 0 unspecified atom stereocenters. The molecule has 3 aromatic rings. The molecule has 0 radical (unpaired) electrons. The Bertz CT molecular complexity index is 880. The molecule has 0 atom stereocenters. The number of hydrogen-bond donors (Lipinski definition) is 2. The largest absolute Gasteiger partial charge is 0.478 e. The maximum absolute atomic E-state index is 13.8. The number of carboxylic acids is 1. The van der Waals surface area contributed by atoms with Gasteiger partial charge >= 0.3 is 5.97 Å². The SMILES string of the molecule is Cc1ccc(C(=O)O)cc1Nc1ncnc2c(F)cccc12. The van der Waals surface area contributed by atoms with E-state index in [4.69, 9.17) is 5.11 Å². The van der Waals surface area contributed by atoms with E-state index in [-0.39, 0.29) is 11.1 Å². The molecule has 0 saturated carbocycles. The highest BCUT2D eigenvalue weighted by Crippen LogP contribution is 2.26. The number of carbonyl (C=O) groups is 1. The summed E-state index contributed by atoms with van der Waals surface area (Å²) < 4.78 is 13.8. The maximum Gasteiger partial charge on any atom is 0.335 e. The van der Waals surface area contributed by atoms with Gasteiger partial charge in [-0.1, -0.05) is 12.1 Å². The van der Waals surface area contributed by atoms with E-state index >= 15 is 0 Å². The first-order valence-corrected chi connectivity index (χ1v) is 6.56. The van der Waals surface area contributed by atoms with Crippen LogP contribution in [0.4, 0.5) is 15.9 Å². The number of hydrogen-bond acceptors (Lipinski definition) is 4. The van der Waals surface area contributed by atoms with Crippen molar-refractivity contribution in [1.82, 2.24) is 9.97 Å². The fourth-order valence-corrected chi connectivity index (χ4v) is 2.17. The van der Waals surface area contributed by atoms with Crippen LogP contribution >= 0.6 is 0 Å². The third-order valence-corrected chi connectivity index (χ3v) is 3.35. The molecule has 5 nitrogen and oxygen atoms in total. The number of nitrogens with one attached hydrogen (secondary N) is 1. The molecule has 22 heavy (non-hydrogen) atoms. The maximum atomic E-state index is 13.8. The highest BCUT2D eigenvalue weighted by Gasteiger charge is 2.10. The van der Waals surface area contributed by atoms with E-state index in [9.17, 15) is 9.18 Å². The van der Waals surface area contributed by atoms with E-state index < -0.39 is 11.8 Å². The van der Waals surface area contributed by atoms with Gasteiger partial charge in [-0.15, -0.1) is 0 Å². The van der Waals surface area contributed by atoms with E-state index in [2.05, 4.69) is 15.3 Å². The highest BCUT2D eigenvalue weighted by atomic mass is 19.1. The van der Waals surface area contributed by atoms with Crippen molar-refractivity contribution >= 4 is 28.4 Å². The number of rotatable bonds is 3. The summed E-state index contributed by atoms with van der Waals surface area (Å²) in [5, 5.41) is 12.7. The summed E-state index contributed by atoms with van der Waals surface area (Å²) in [4.78, 5) is 19.1. The minimum absolute atomic E-state index is 0.164. The summed E-state index contributed by atoms with van der Waals surface area (Å²) in [5.41, 5.74) is 1.84. The second-order valence-corrected chi connectivity index (χ2v) is 4.82. The summed E-state index contributed by atoms with van der Waals surface area (Å²) in [5.74, 6) is -1.02. The Kier molecular flexibility index (Phi) is 3.42. The number of anilines is 2. The highest BCUT2D eigenvalue weighted by molar-refractivity contribution is 5.93. The summed E-state index contributed by atoms with van der Waals surface area (Å²) in [6.45, 7) is 1.85. The van der Waals surface area contributed by atoms with Gasteiger partial charge in [-0.25, -0.2) is 19.2 Å². The van der Waals surface area contributed by atoms with Crippen molar-refractivity contribution in [1.29, 1.82) is 0 Å². The molecule has 1 aromatic heterocycles. The van der Waals surface area contributed by atoms with Crippen molar-refractivity contribution < 1.29 is 14.3 Å². The van der Waals surface area contributed by atoms with Gasteiger partial charge in [0.1, 0.15) is 23.5 Å². The average Bonchev–Trinajstić information content (AvgIpc) is 2.50. The first-order valence-electron chi connectivity index (χ1n) is 6.56. The molecule has 1 heterocycles. The molecule has 2 aromatic carbocycles. The molecule has 0 bridgehead atoms. The van der Waals surface area contributed by atoms with Crippen LogP contribution in [0.15, 0.2) is 42.7 Å².